The van der Waals surface area contributed by atoms with Crippen molar-refractivity contribution in [2.75, 3.05) is 11.9 Å². The SMILES string of the molecule is CC(=O)Nc1ccc(C(=O)COC(=O)Cn2nc(-c3ccc(F)cc3)oc2=O)cc1. The number of halogens is 1. The maximum Gasteiger partial charge on any atom is 0.437 e. The fourth-order valence-corrected chi connectivity index (χ4v) is 2.46. The maximum absolute atomic E-state index is 13.0. The molecule has 0 radical (unpaired) electrons. The summed E-state index contributed by atoms with van der Waals surface area (Å²) in [7, 11) is 0. The lowest BCUT2D eigenvalue weighted by Gasteiger charge is -2.05. The highest BCUT2D eigenvalue weighted by molar-refractivity contribution is 5.98. The molecule has 0 bridgehead atoms. The molecule has 9 nitrogen and oxygen atoms in total. The summed E-state index contributed by atoms with van der Waals surface area (Å²) in [5.74, 6) is -3.00. The molecule has 0 aliphatic heterocycles. The van der Waals surface area contributed by atoms with Crippen molar-refractivity contribution in [3.8, 4) is 11.5 Å². The molecule has 1 heterocycles. The van der Waals surface area contributed by atoms with E-state index in [1.165, 1.54) is 43.3 Å². The van der Waals surface area contributed by atoms with Gasteiger partial charge in [0.2, 0.25) is 11.8 Å². The number of nitrogens with one attached hydrogen (secondary N) is 1. The van der Waals surface area contributed by atoms with Crippen LogP contribution < -0.4 is 11.1 Å². The van der Waals surface area contributed by atoms with Crippen molar-refractivity contribution in [3.63, 3.8) is 0 Å². The Bertz CT molecular complexity index is 1130. The fourth-order valence-electron chi connectivity index (χ4n) is 2.46. The third-order valence-electron chi connectivity index (χ3n) is 3.87. The van der Waals surface area contributed by atoms with Gasteiger partial charge in [0, 0.05) is 23.7 Å². The predicted octanol–water partition coefficient (Wildman–Crippen LogP) is 2.03. The molecule has 1 amide bonds. The molecular formula is C20H16FN3O6. The number of ketones is 1. The minimum Gasteiger partial charge on any atom is -0.456 e. The number of hydrogen-bond donors (Lipinski definition) is 1. The summed E-state index contributed by atoms with van der Waals surface area (Å²) in [6.07, 6.45) is 0. The Morgan fingerprint density at radius 1 is 1.10 bits per heavy atom. The number of carbonyl (C=O) groups excluding carboxylic acids is 3. The van der Waals surface area contributed by atoms with Crippen LogP contribution in [0.2, 0.25) is 0 Å². The van der Waals surface area contributed by atoms with E-state index in [-0.39, 0.29) is 17.4 Å². The summed E-state index contributed by atoms with van der Waals surface area (Å²) in [6.45, 7) is 0.273. The van der Waals surface area contributed by atoms with E-state index in [9.17, 15) is 23.6 Å². The molecule has 2 aromatic carbocycles. The van der Waals surface area contributed by atoms with Gasteiger partial charge in [-0.15, -0.1) is 5.10 Å². The maximum atomic E-state index is 13.0. The molecule has 0 saturated carbocycles. The number of hydrogen-bond acceptors (Lipinski definition) is 7. The molecular weight excluding hydrogens is 397 g/mol. The van der Waals surface area contributed by atoms with E-state index >= 15 is 0 Å². The molecule has 0 fully saturated rings. The molecule has 0 spiro atoms. The number of anilines is 1. The molecule has 3 aromatic rings. The van der Waals surface area contributed by atoms with Crippen LogP contribution in [0, 0.1) is 5.82 Å². The summed E-state index contributed by atoms with van der Waals surface area (Å²) >= 11 is 0. The van der Waals surface area contributed by atoms with Crippen LogP contribution in [0.15, 0.2) is 57.7 Å². The van der Waals surface area contributed by atoms with Gasteiger partial charge in [-0.05, 0) is 48.5 Å². The van der Waals surface area contributed by atoms with Gasteiger partial charge in [0.1, 0.15) is 12.4 Å². The third-order valence-corrected chi connectivity index (χ3v) is 3.87. The Morgan fingerprint density at radius 3 is 2.40 bits per heavy atom. The number of ether oxygens (including phenoxy) is 1. The molecule has 0 unspecified atom stereocenters. The van der Waals surface area contributed by atoms with Gasteiger partial charge in [0.15, 0.2) is 12.4 Å². The van der Waals surface area contributed by atoms with Crippen molar-refractivity contribution in [2.45, 2.75) is 13.5 Å². The summed E-state index contributed by atoms with van der Waals surface area (Å²) in [5, 5.41) is 6.43. The Balaban J connectivity index is 1.57. The topological polar surface area (TPSA) is 120 Å². The van der Waals surface area contributed by atoms with Crippen molar-refractivity contribution < 1.29 is 27.9 Å². The zero-order valence-corrected chi connectivity index (χ0v) is 15.8. The quantitative estimate of drug-likeness (QED) is 0.465. The van der Waals surface area contributed by atoms with Crippen LogP contribution in [0.25, 0.3) is 11.5 Å². The molecule has 154 valence electrons. The van der Waals surface area contributed by atoms with Crippen LogP contribution in [0.4, 0.5) is 10.1 Å². The van der Waals surface area contributed by atoms with Crippen molar-refractivity contribution >= 4 is 23.3 Å². The van der Waals surface area contributed by atoms with Crippen LogP contribution in [-0.2, 0) is 20.9 Å². The van der Waals surface area contributed by atoms with Gasteiger partial charge in [-0.25, -0.2) is 9.18 Å². The average Bonchev–Trinajstić information content (AvgIpc) is 3.07. The zero-order chi connectivity index (χ0) is 21.7. The van der Waals surface area contributed by atoms with Crippen LogP contribution in [-0.4, -0.2) is 34.0 Å². The largest absolute Gasteiger partial charge is 0.456 e. The highest BCUT2D eigenvalue weighted by Gasteiger charge is 2.16. The van der Waals surface area contributed by atoms with Crippen LogP contribution in [0.5, 0.6) is 0 Å². The van der Waals surface area contributed by atoms with E-state index in [1.807, 2.05) is 0 Å². The molecule has 1 N–H and O–H groups in total. The number of benzene rings is 2. The van der Waals surface area contributed by atoms with Crippen molar-refractivity contribution in [1.29, 1.82) is 0 Å². The van der Waals surface area contributed by atoms with Gasteiger partial charge >= 0.3 is 11.7 Å². The fraction of sp³-hybridized carbons (Fsp3) is 0.150. The lowest BCUT2D eigenvalue weighted by atomic mass is 10.1. The lowest BCUT2D eigenvalue weighted by Crippen LogP contribution is -2.24. The summed E-state index contributed by atoms with van der Waals surface area (Å²) < 4.78 is 23.6. The minimum absolute atomic E-state index is 0.0804. The number of aromatic nitrogens is 2. The minimum atomic E-state index is -0.897. The number of rotatable bonds is 7. The first-order valence-corrected chi connectivity index (χ1v) is 8.72. The standard InChI is InChI=1S/C20H16FN3O6/c1-12(25)22-16-8-4-13(5-9-16)17(26)11-29-18(27)10-24-20(28)30-19(23-24)14-2-6-15(21)7-3-14/h2-9H,10-11H2,1H3,(H,22,25). The highest BCUT2D eigenvalue weighted by atomic mass is 19.1. The second-order valence-corrected chi connectivity index (χ2v) is 6.18. The van der Waals surface area contributed by atoms with Gasteiger partial charge in [-0.2, -0.15) is 4.68 Å². The van der Waals surface area contributed by atoms with E-state index in [1.54, 1.807) is 12.1 Å². The molecule has 30 heavy (non-hydrogen) atoms. The number of Topliss-reactive ketones (excluding diaryl/α,β-unsaturated/α-hetero) is 1. The van der Waals surface area contributed by atoms with Crippen LogP contribution in [0.3, 0.4) is 0 Å². The molecule has 0 atom stereocenters. The predicted molar refractivity (Wildman–Crippen MR) is 102 cm³/mol. The summed E-state index contributed by atoms with van der Waals surface area (Å²) in [5.41, 5.74) is 1.17. The van der Waals surface area contributed by atoms with Gasteiger partial charge in [0.25, 0.3) is 0 Å². The monoisotopic (exact) mass is 413 g/mol. The Hall–Kier alpha value is -4.08. The third kappa shape index (κ3) is 5.25. The Labute approximate surface area is 169 Å². The Kier molecular flexibility index (Phi) is 6.16. The first-order valence-electron chi connectivity index (χ1n) is 8.72. The van der Waals surface area contributed by atoms with E-state index in [4.69, 9.17) is 9.15 Å². The van der Waals surface area contributed by atoms with Crippen molar-refractivity contribution in [2.24, 2.45) is 0 Å². The van der Waals surface area contributed by atoms with E-state index in [2.05, 4.69) is 10.4 Å². The van der Waals surface area contributed by atoms with Crippen molar-refractivity contribution in [1.82, 2.24) is 9.78 Å². The van der Waals surface area contributed by atoms with Gasteiger partial charge < -0.3 is 14.5 Å². The molecule has 3 rings (SSSR count). The highest BCUT2D eigenvalue weighted by Crippen LogP contribution is 2.15. The van der Waals surface area contributed by atoms with Crippen LogP contribution >= 0.6 is 0 Å². The van der Waals surface area contributed by atoms with E-state index in [0.717, 1.165) is 4.68 Å². The van der Waals surface area contributed by atoms with Crippen molar-refractivity contribution in [3.05, 3.63) is 70.5 Å². The molecule has 0 saturated heterocycles. The molecule has 0 aliphatic carbocycles. The number of nitrogens with zero attached hydrogens (tertiary/aromatic N) is 2. The second-order valence-electron chi connectivity index (χ2n) is 6.18. The smallest absolute Gasteiger partial charge is 0.437 e. The van der Waals surface area contributed by atoms with E-state index < -0.39 is 36.5 Å². The number of esters is 1. The first-order chi connectivity index (χ1) is 14.3. The Morgan fingerprint density at radius 2 is 1.77 bits per heavy atom. The molecule has 0 aliphatic rings. The summed E-state index contributed by atoms with van der Waals surface area (Å²) in [4.78, 5) is 46.9. The summed E-state index contributed by atoms with van der Waals surface area (Å²) in [6, 6.07) is 11.2. The average molecular weight is 413 g/mol. The molecule has 10 heteroatoms. The normalized spacial score (nSPS) is 10.5. The van der Waals surface area contributed by atoms with Crippen LogP contribution in [0.1, 0.15) is 17.3 Å². The molecule has 1 aromatic heterocycles. The number of amides is 1. The number of carbonyl (C=O) groups is 3. The second kappa shape index (κ2) is 8.95. The lowest BCUT2D eigenvalue weighted by molar-refractivity contribution is -0.143. The first kappa shape index (κ1) is 20.6. The zero-order valence-electron chi connectivity index (χ0n) is 15.8. The van der Waals surface area contributed by atoms with Gasteiger partial charge in [-0.1, -0.05) is 0 Å². The van der Waals surface area contributed by atoms with Gasteiger partial charge in [0.05, 0.1) is 0 Å². The van der Waals surface area contributed by atoms with E-state index in [0.29, 0.717) is 11.3 Å². The van der Waals surface area contributed by atoms with Gasteiger partial charge in [-0.3, -0.25) is 14.4 Å².